The molecule has 3 rings (SSSR count). The van der Waals surface area contributed by atoms with Gasteiger partial charge in [-0.2, -0.15) is 10.5 Å². The normalized spacial score (nSPS) is 11.1. The summed E-state index contributed by atoms with van der Waals surface area (Å²) in [5.74, 6) is -0.293. The molecule has 0 fully saturated rings. The van der Waals surface area contributed by atoms with Crippen molar-refractivity contribution in [3.05, 3.63) is 99.3 Å². The van der Waals surface area contributed by atoms with Gasteiger partial charge < -0.3 is 5.32 Å². The molecule has 5 nitrogen and oxygen atoms in total. The van der Waals surface area contributed by atoms with Gasteiger partial charge in [0.05, 0.1) is 28.9 Å². The zero-order chi connectivity index (χ0) is 20.1. The van der Waals surface area contributed by atoms with Gasteiger partial charge in [0, 0.05) is 16.8 Å². The molecule has 0 spiro atoms. The Bertz CT molecular complexity index is 1090. The molecule has 0 saturated heterocycles. The molecule has 0 aliphatic rings. The standard InChI is InChI=1S/C22H15ClN4O/c1-14-10-17(3-4-18(14)12-25)22(28)27-21(16-5-7-19(23)8-6-16)20-9-2-15(11-24)13-26-20/h2-10,13,21H,1H3,(H,27,28)/t21-/m0/s1. The average Bonchev–Trinajstić information content (AvgIpc) is 2.72. The highest BCUT2D eigenvalue weighted by Crippen LogP contribution is 2.23. The largest absolute Gasteiger partial charge is 0.340 e. The van der Waals surface area contributed by atoms with Crippen molar-refractivity contribution in [3.63, 3.8) is 0 Å². The number of carbonyl (C=O) groups excluding carboxylic acids is 1. The van der Waals surface area contributed by atoms with Crippen LogP contribution in [-0.4, -0.2) is 10.9 Å². The highest BCUT2D eigenvalue weighted by atomic mass is 35.5. The van der Waals surface area contributed by atoms with Crippen molar-refractivity contribution in [2.75, 3.05) is 0 Å². The van der Waals surface area contributed by atoms with Gasteiger partial charge in [-0.1, -0.05) is 23.7 Å². The van der Waals surface area contributed by atoms with Crippen LogP contribution >= 0.6 is 11.6 Å². The van der Waals surface area contributed by atoms with Crippen LogP contribution in [0.4, 0.5) is 0 Å². The van der Waals surface area contributed by atoms with Crippen molar-refractivity contribution in [3.8, 4) is 12.1 Å². The maximum atomic E-state index is 12.8. The summed E-state index contributed by atoms with van der Waals surface area (Å²) in [7, 11) is 0. The van der Waals surface area contributed by atoms with Crippen molar-refractivity contribution >= 4 is 17.5 Å². The van der Waals surface area contributed by atoms with Gasteiger partial charge in [0.2, 0.25) is 0 Å². The molecule has 1 amide bonds. The topological polar surface area (TPSA) is 89.6 Å². The average molecular weight is 387 g/mol. The summed E-state index contributed by atoms with van der Waals surface area (Å²) in [6.45, 7) is 1.79. The molecule has 136 valence electrons. The van der Waals surface area contributed by atoms with E-state index in [0.717, 1.165) is 11.1 Å². The predicted octanol–water partition coefficient (Wildman–Crippen LogP) is 4.31. The molecule has 0 unspecified atom stereocenters. The molecule has 1 N–H and O–H groups in total. The summed E-state index contributed by atoms with van der Waals surface area (Å²) in [4.78, 5) is 17.2. The predicted molar refractivity (Wildman–Crippen MR) is 106 cm³/mol. The quantitative estimate of drug-likeness (QED) is 0.723. The van der Waals surface area contributed by atoms with Crippen LogP contribution in [0.15, 0.2) is 60.8 Å². The summed E-state index contributed by atoms with van der Waals surface area (Å²) in [5.41, 5.74) is 3.55. The van der Waals surface area contributed by atoms with Gasteiger partial charge in [0.15, 0.2) is 0 Å². The highest BCUT2D eigenvalue weighted by molar-refractivity contribution is 6.30. The molecular formula is C22H15ClN4O. The fourth-order valence-corrected chi connectivity index (χ4v) is 2.90. The minimum atomic E-state index is -0.520. The van der Waals surface area contributed by atoms with Crippen molar-refractivity contribution in [1.29, 1.82) is 10.5 Å². The van der Waals surface area contributed by atoms with Gasteiger partial charge >= 0.3 is 0 Å². The van der Waals surface area contributed by atoms with Gasteiger partial charge in [0.25, 0.3) is 5.91 Å². The Morgan fingerprint density at radius 3 is 2.39 bits per heavy atom. The Hall–Kier alpha value is -3.67. The Balaban J connectivity index is 1.95. The molecular weight excluding hydrogens is 372 g/mol. The Kier molecular flexibility index (Phi) is 5.69. The van der Waals surface area contributed by atoms with Gasteiger partial charge in [0.1, 0.15) is 6.07 Å². The molecule has 0 saturated carbocycles. The number of nitrogens with one attached hydrogen (secondary N) is 1. The lowest BCUT2D eigenvalue weighted by Gasteiger charge is -2.19. The van der Waals surface area contributed by atoms with E-state index in [4.69, 9.17) is 22.1 Å². The number of pyridine rings is 1. The molecule has 0 aliphatic heterocycles. The van der Waals surface area contributed by atoms with E-state index in [1.165, 1.54) is 6.20 Å². The van der Waals surface area contributed by atoms with Crippen LogP contribution in [0, 0.1) is 29.6 Å². The number of nitrogens with zero attached hydrogens (tertiary/aromatic N) is 3. The first-order chi connectivity index (χ1) is 13.5. The van der Waals surface area contributed by atoms with Crippen LogP contribution in [-0.2, 0) is 0 Å². The second-order valence-electron chi connectivity index (χ2n) is 6.18. The number of hydrogen-bond acceptors (Lipinski definition) is 4. The smallest absolute Gasteiger partial charge is 0.252 e. The van der Waals surface area contributed by atoms with E-state index in [9.17, 15) is 4.79 Å². The number of aryl methyl sites for hydroxylation is 1. The maximum Gasteiger partial charge on any atom is 0.252 e. The SMILES string of the molecule is Cc1cc(C(=O)N[C@@H](c2ccc(Cl)cc2)c2ccc(C#N)cn2)ccc1C#N. The fourth-order valence-electron chi connectivity index (χ4n) is 2.77. The van der Waals surface area contributed by atoms with E-state index in [0.29, 0.717) is 27.4 Å². The third-order valence-corrected chi connectivity index (χ3v) is 4.55. The monoisotopic (exact) mass is 386 g/mol. The number of nitriles is 2. The van der Waals surface area contributed by atoms with E-state index in [-0.39, 0.29) is 5.91 Å². The zero-order valence-corrected chi connectivity index (χ0v) is 15.7. The van der Waals surface area contributed by atoms with Gasteiger partial charge in [-0.3, -0.25) is 9.78 Å². The molecule has 0 bridgehead atoms. The van der Waals surface area contributed by atoms with Crippen LogP contribution in [0.3, 0.4) is 0 Å². The van der Waals surface area contributed by atoms with Crippen molar-refractivity contribution < 1.29 is 4.79 Å². The Labute approximate surface area is 167 Å². The number of rotatable bonds is 4. The van der Waals surface area contributed by atoms with Crippen LogP contribution in [0.5, 0.6) is 0 Å². The lowest BCUT2D eigenvalue weighted by Crippen LogP contribution is -2.30. The summed E-state index contributed by atoms with van der Waals surface area (Å²) >= 11 is 5.98. The fraction of sp³-hybridized carbons (Fsp3) is 0.0909. The minimum Gasteiger partial charge on any atom is -0.340 e. The third kappa shape index (κ3) is 4.17. The summed E-state index contributed by atoms with van der Waals surface area (Å²) in [5, 5.41) is 21.6. The number of halogens is 1. The highest BCUT2D eigenvalue weighted by Gasteiger charge is 2.19. The number of benzene rings is 2. The van der Waals surface area contributed by atoms with Crippen LogP contribution in [0.25, 0.3) is 0 Å². The number of carbonyl (C=O) groups is 1. The number of hydrogen-bond donors (Lipinski definition) is 1. The lowest BCUT2D eigenvalue weighted by atomic mass is 10.0. The molecule has 0 radical (unpaired) electrons. The molecule has 2 aromatic carbocycles. The van der Waals surface area contributed by atoms with Crippen LogP contribution in [0.2, 0.25) is 5.02 Å². The molecule has 0 aliphatic carbocycles. The van der Waals surface area contributed by atoms with E-state index in [2.05, 4.69) is 16.4 Å². The molecule has 1 heterocycles. The zero-order valence-electron chi connectivity index (χ0n) is 15.0. The lowest BCUT2D eigenvalue weighted by molar-refractivity contribution is 0.0942. The van der Waals surface area contributed by atoms with Gasteiger partial charge in [-0.15, -0.1) is 0 Å². The van der Waals surface area contributed by atoms with E-state index >= 15 is 0 Å². The van der Waals surface area contributed by atoms with Crippen molar-refractivity contribution in [2.45, 2.75) is 13.0 Å². The number of amides is 1. The Morgan fingerprint density at radius 1 is 1.07 bits per heavy atom. The first kappa shape index (κ1) is 19.1. The molecule has 6 heteroatoms. The first-order valence-electron chi connectivity index (χ1n) is 8.45. The summed E-state index contributed by atoms with van der Waals surface area (Å²) in [6.07, 6.45) is 1.47. The van der Waals surface area contributed by atoms with E-state index in [1.54, 1.807) is 49.4 Å². The summed E-state index contributed by atoms with van der Waals surface area (Å²) in [6, 6.07) is 19.0. The molecule has 1 aromatic heterocycles. The summed E-state index contributed by atoms with van der Waals surface area (Å²) < 4.78 is 0. The minimum absolute atomic E-state index is 0.293. The van der Waals surface area contributed by atoms with Crippen molar-refractivity contribution in [1.82, 2.24) is 10.3 Å². The van der Waals surface area contributed by atoms with Gasteiger partial charge in [-0.25, -0.2) is 0 Å². The third-order valence-electron chi connectivity index (χ3n) is 4.30. The van der Waals surface area contributed by atoms with E-state index < -0.39 is 6.04 Å². The Morgan fingerprint density at radius 2 is 1.82 bits per heavy atom. The maximum absolute atomic E-state index is 12.8. The molecule has 3 aromatic rings. The van der Waals surface area contributed by atoms with Crippen LogP contribution in [0.1, 0.15) is 44.3 Å². The second kappa shape index (κ2) is 8.35. The second-order valence-corrected chi connectivity index (χ2v) is 6.62. The van der Waals surface area contributed by atoms with Crippen LogP contribution < -0.4 is 5.32 Å². The molecule has 1 atom stereocenters. The first-order valence-corrected chi connectivity index (χ1v) is 8.82. The number of aromatic nitrogens is 1. The van der Waals surface area contributed by atoms with Gasteiger partial charge in [-0.05, 0) is 60.5 Å². The molecule has 28 heavy (non-hydrogen) atoms. The van der Waals surface area contributed by atoms with E-state index in [1.807, 2.05) is 18.2 Å². The van der Waals surface area contributed by atoms with Crippen molar-refractivity contribution in [2.24, 2.45) is 0 Å².